The van der Waals surface area contributed by atoms with Crippen molar-refractivity contribution < 1.29 is 14.3 Å². The Labute approximate surface area is 107 Å². The van der Waals surface area contributed by atoms with Crippen LogP contribution in [0.5, 0.6) is 0 Å². The number of hydrogen-bond donors (Lipinski definition) is 1. The van der Waals surface area contributed by atoms with Gasteiger partial charge in [-0.05, 0) is 23.7 Å². The number of para-hydroxylation sites is 1. The first-order valence-electron chi connectivity index (χ1n) is 4.98. The standard InChI is InChI=1S/C11H9N3O3S/c1-17-11(16)7-4-2-3-5-8(7)12-10(15)9-6-18-14-13-9/h2-6H,1H3,(H,12,15). The molecule has 0 saturated heterocycles. The summed E-state index contributed by atoms with van der Waals surface area (Å²) in [5.41, 5.74) is 0.874. The van der Waals surface area contributed by atoms with E-state index in [1.807, 2.05) is 0 Å². The van der Waals surface area contributed by atoms with Gasteiger partial charge < -0.3 is 10.1 Å². The van der Waals surface area contributed by atoms with Gasteiger partial charge >= 0.3 is 5.97 Å². The average Bonchev–Trinajstić information content (AvgIpc) is 2.92. The maximum absolute atomic E-state index is 11.8. The quantitative estimate of drug-likeness (QED) is 0.850. The Morgan fingerprint density at radius 1 is 1.33 bits per heavy atom. The van der Waals surface area contributed by atoms with Crippen molar-refractivity contribution in [1.29, 1.82) is 0 Å². The summed E-state index contributed by atoms with van der Waals surface area (Å²) in [6.45, 7) is 0. The van der Waals surface area contributed by atoms with Gasteiger partial charge in [-0.3, -0.25) is 4.79 Å². The first-order chi connectivity index (χ1) is 8.72. The number of benzene rings is 1. The molecule has 1 heterocycles. The Balaban J connectivity index is 2.24. The number of methoxy groups -OCH3 is 1. The van der Waals surface area contributed by atoms with Gasteiger partial charge in [0.15, 0.2) is 5.69 Å². The van der Waals surface area contributed by atoms with Crippen LogP contribution < -0.4 is 5.32 Å². The van der Waals surface area contributed by atoms with E-state index < -0.39 is 11.9 Å². The number of carbonyl (C=O) groups is 2. The van der Waals surface area contributed by atoms with Gasteiger partial charge in [0.25, 0.3) is 5.91 Å². The fourth-order valence-electron chi connectivity index (χ4n) is 1.33. The lowest BCUT2D eigenvalue weighted by molar-refractivity contribution is 0.0602. The molecule has 1 amide bonds. The number of carbonyl (C=O) groups excluding carboxylic acids is 2. The van der Waals surface area contributed by atoms with E-state index in [2.05, 4.69) is 19.6 Å². The van der Waals surface area contributed by atoms with Crippen molar-refractivity contribution >= 4 is 29.1 Å². The molecule has 1 N–H and O–H groups in total. The van der Waals surface area contributed by atoms with E-state index >= 15 is 0 Å². The van der Waals surface area contributed by atoms with E-state index in [0.717, 1.165) is 11.5 Å². The van der Waals surface area contributed by atoms with Crippen molar-refractivity contribution in [3.63, 3.8) is 0 Å². The van der Waals surface area contributed by atoms with Gasteiger partial charge in [-0.2, -0.15) is 0 Å². The zero-order chi connectivity index (χ0) is 13.0. The molecule has 0 aliphatic rings. The van der Waals surface area contributed by atoms with Crippen LogP contribution >= 0.6 is 11.5 Å². The summed E-state index contributed by atoms with van der Waals surface area (Å²) in [5, 5.41) is 7.76. The first kappa shape index (κ1) is 12.2. The zero-order valence-corrected chi connectivity index (χ0v) is 10.2. The maximum Gasteiger partial charge on any atom is 0.339 e. The van der Waals surface area contributed by atoms with Gasteiger partial charge in [-0.25, -0.2) is 4.79 Å². The molecule has 0 unspecified atom stereocenters. The van der Waals surface area contributed by atoms with E-state index in [1.54, 1.807) is 24.3 Å². The van der Waals surface area contributed by atoms with Crippen LogP contribution in [0.3, 0.4) is 0 Å². The molecular formula is C11H9N3O3S. The van der Waals surface area contributed by atoms with Crippen molar-refractivity contribution in [3.8, 4) is 0 Å². The van der Waals surface area contributed by atoms with Crippen molar-refractivity contribution in [2.45, 2.75) is 0 Å². The van der Waals surface area contributed by atoms with E-state index in [4.69, 9.17) is 0 Å². The molecule has 1 aromatic carbocycles. The fourth-order valence-corrected chi connectivity index (χ4v) is 1.77. The summed E-state index contributed by atoms with van der Waals surface area (Å²) in [4.78, 5) is 23.3. The smallest absolute Gasteiger partial charge is 0.339 e. The van der Waals surface area contributed by atoms with Crippen LogP contribution in [-0.4, -0.2) is 28.6 Å². The zero-order valence-electron chi connectivity index (χ0n) is 9.41. The third-order valence-electron chi connectivity index (χ3n) is 2.17. The van der Waals surface area contributed by atoms with Crippen LogP contribution in [0, 0.1) is 0 Å². The lowest BCUT2D eigenvalue weighted by Gasteiger charge is -2.07. The monoisotopic (exact) mass is 263 g/mol. The summed E-state index contributed by atoms with van der Waals surface area (Å²) in [6, 6.07) is 6.58. The molecule has 92 valence electrons. The van der Waals surface area contributed by atoms with Crippen LogP contribution in [0.25, 0.3) is 0 Å². The second kappa shape index (κ2) is 5.37. The Bertz CT molecular complexity index is 569. The molecule has 0 fully saturated rings. The Kier molecular flexibility index (Phi) is 3.63. The van der Waals surface area contributed by atoms with Gasteiger partial charge in [0.05, 0.1) is 18.4 Å². The second-order valence-corrected chi connectivity index (χ2v) is 3.89. The normalized spacial score (nSPS) is 9.83. The first-order valence-corrected chi connectivity index (χ1v) is 5.82. The molecule has 6 nitrogen and oxygen atoms in total. The second-order valence-electron chi connectivity index (χ2n) is 3.28. The number of nitrogens with zero attached hydrogens (tertiary/aromatic N) is 2. The molecule has 1 aromatic heterocycles. The largest absolute Gasteiger partial charge is 0.465 e. The van der Waals surface area contributed by atoms with Gasteiger partial charge in [-0.15, -0.1) is 5.10 Å². The molecule has 2 aromatic rings. The molecule has 0 radical (unpaired) electrons. The number of nitrogens with one attached hydrogen (secondary N) is 1. The Morgan fingerprint density at radius 3 is 2.78 bits per heavy atom. The number of anilines is 1. The number of hydrogen-bond acceptors (Lipinski definition) is 6. The van der Waals surface area contributed by atoms with Gasteiger partial charge in [0, 0.05) is 5.38 Å². The number of esters is 1. The molecule has 0 atom stereocenters. The molecule has 2 rings (SSSR count). The third-order valence-corrected chi connectivity index (χ3v) is 2.68. The van der Waals surface area contributed by atoms with Gasteiger partial charge in [-0.1, -0.05) is 16.6 Å². The molecule has 7 heteroatoms. The van der Waals surface area contributed by atoms with Crippen LogP contribution in [0.15, 0.2) is 29.6 Å². The van der Waals surface area contributed by atoms with Crippen LogP contribution in [-0.2, 0) is 4.74 Å². The predicted octanol–water partition coefficient (Wildman–Crippen LogP) is 1.58. The molecule has 0 aliphatic carbocycles. The van der Waals surface area contributed by atoms with Gasteiger partial charge in [0.1, 0.15) is 0 Å². The third kappa shape index (κ3) is 2.51. The summed E-state index contributed by atoms with van der Waals surface area (Å²) in [6.07, 6.45) is 0. The summed E-state index contributed by atoms with van der Waals surface area (Å²) in [5.74, 6) is -0.928. The number of amides is 1. The van der Waals surface area contributed by atoms with Crippen LogP contribution in [0.2, 0.25) is 0 Å². The highest BCUT2D eigenvalue weighted by molar-refractivity contribution is 7.03. The van der Waals surface area contributed by atoms with E-state index in [1.165, 1.54) is 12.5 Å². The molecule has 0 spiro atoms. The Morgan fingerprint density at radius 2 is 2.11 bits per heavy atom. The van der Waals surface area contributed by atoms with Crippen molar-refractivity contribution in [3.05, 3.63) is 40.9 Å². The molecule has 0 saturated carbocycles. The summed E-state index contributed by atoms with van der Waals surface area (Å²) in [7, 11) is 1.28. The molecular weight excluding hydrogens is 254 g/mol. The minimum atomic E-state index is -0.512. The van der Waals surface area contributed by atoms with E-state index in [-0.39, 0.29) is 11.3 Å². The summed E-state index contributed by atoms with van der Waals surface area (Å²) >= 11 is 1.08. The minimum absolute atomic E-state index is 0.208. The molecule has 18 heavy (non-hydrogen) atoms. The highest BCUT2D eigenvalue weighted by atomic mass is 32.1. The minimum Gasteiger partial charge on any atom is -0.465 e. The SMILES string of the molecule is COC(=O)c1ccccc1NC(=O)c1csnn1. The van der Waals surface area contributed by atoms with E-state index in [0.29, 0.717) is 5.69 Å². The van der Waals surface area contributed by atoms with Gasteiger partial charge in [0.2, 0.25) is 0 Å². The molecule has 0 aliphatic heterocycles. The number of aromatic nitrogens is 2. The summed E-state index contributed by atoms with van der Waals surface area (Å²) < 4.78 is 8.23. The van der Waals surface area contributed by atoms with Crippen molar-refractivity contribution in [2.24, 2.45) is 0 Å². The van der Waals surface area contributed by atoms with Crippen molar-refractivity contribution in [1.82, 2.24) is 9.59 Å². The maximum atomic E-state index is 11.8. The predicted molar refractivity (Wildman–Crippen MR) is 65.6 cm³/mol. The fraction of sp³-hybridized carbons (Fsp3) is 0.0909. The topological polar surface area (TPSA) is 81.2 Å². The highest BCUT2D eigenvalue weighted by Gasteiger charge is 2.15. The lowest BCUT2D eigenvalue weighted by atomic mass is 10.2. The van der Waals surface area contributed by atoms with Crippen LogP contribution in [0.1, 0.15) is 20.8 Å². The average molecular weight is 263 g/mol. The number of ether oxygens (including phenoxy) is 1. The van der Waals surface area contributed by atoms with Crippen LogP contribution in [0.4, 0.5) is 5.69 Å². The van der Waals surface area contributed by atoms with Crippen molar-refractivity contribution in [2.75, 3.05) is 12.4 Å². The van der Waals surface area contributed by atoms with E-state index in [9.17, 15) is 9.59 Å². The molecule has 0 bridgehead atoms. The Hall–Kier alpha value is -2.28. The lowest BCUT2D eigenvalue weighted by Crippen LogP contribution is -2.15. The number of rotatable bonds is 3. The highest BCUT2D eigenvalue weighted by Crippen LogP contribution is 2.16.